The van der Waals surface area contributed by atoms with Crippen molar-refractivity contribution in [2.24, 2.45) is 0 Å². The molecule has 14 aromatic rings. The van der Waals surface area contributed by atoms with Gasteiger partial charge < -0.3 is 14.4 Å². The highest BCUT2D eigenvalue weighted by atomic mass is 19.4. The lowest BCUT2D eigenvalue weighted by Crippen LogP contribution is -2.16. The predicted octanol–water partition coefficient (Wildman–Crippen LogP) is 22.0. The molecule has 0 N–H and O–H groups in total. The van der Waals surface area contributed by atoms with Crippen LogP contribution in [0.1, 0.15) is 11.1 Å². The molecule has 0 saturated heterocycles. The minimum Gasteiger partial charge on any atom is -0.310 e. The number of aryl methyl sites for hydroxylation is 1. The normalized spacial score (nSPS) is 11.7. The van der Waals surface area contributed by atoms with Crippen LogP contribution in [0.3, 0.4) is 0 Å². The summed E-state index contributed by atoms with van der Waals surface area (Å²) in [5, 5.41) is 7.00. The van der Waals surface area contributed by atoms with Gasteiger partial charge in [-0.15, -0.1) is 0 Å². The fourth-order valence-corrected chi connectivity index (χ4v) is 12.1. The van der Waals surface area contributed by atoms with E-state index in [1.807, 2.05) is 60.7 Å². The molecule has 392 valence electrons. The van der Waals surface area contributed by atoms with Gasteiger partial charge in [0, 0.05) is 44.9 Å². The van der Waals surface area contributed by atoms with Crippen LogP contribution in [0.25, 0.3) is 93.5 Å². The maximum Gasteiger partial charge on any atom is 0.418 e. The Morgan fingerprint density at radius 2 is 0.646 bits per heavy atom. The summed E-state index contributed by atoms with van der Waals surface area (Å²) in [7, 11) is 0. The Bertz CT molecular complexity index is 4590. The van der Waals surface area contributed by atoms with Crippen molar-refractivity contribution in [1.82, 2.24) is 4.57 Å². The molecule has 1 heterocycles. The number of nitrogens with zero attached hydrogens (tertiary/aromatic N) is 3. The number of fused-ring (bicyclic) bond motifs is 5. The van der Waals surface area contributed by atoms with Crippen LogP contribution in [0, 0.1) is 6.92 Å². The highest BCUT2D eigenvalue weighted by Gasteiger charge is 2.35. The number of anilines is 6. The largest absolute Gasteiger partial charge is 0.418 e. The molecule has 82 heavy (non-hydrogen) atoms. The van der Waals surface area contributed by atoms with Gasteiger partial charge in [-0.05, 0) is 182 Å². The van der Waals surface area contributed by atoms with Crippen molar-refractivity contribution in [3.05, 3.63) is 308 Å². The van der Waals surface area contributed by atoms with Gasteiger partial charge in [0.15, 0.2) is 0 Å². The third-order valence-corrected chi connectivity index (χ3v) is 15.9. The van der Waals surface area contributed by atoms with E-state index < -0.39 is 11.7 Å². The molecule has 0 bridgehead atoms. The average Bonchev–Trinajstić information content (AvgIpc) is 3.82. The van der Waals surface area contributed by atoms with Crippen LogP contribution in [0.2, 0.25) is 0 Å². The first-order valence-corrected chi connectivity index (χ1v) is 27.6. The van der Waals surface area contributed by atoms with Gasteiger partial charge in [0.25, 0.3) is 0 Å². The van der Waals surface area contributed by atoms with E-state index in [-0.39, 0.29) is 5.69 Å². The third kappa shape index (κ3) is 8.91. The second kappa shape index (κ2) is 20.7. The minimum absolute atomic E-state index is 0.0594. The number of rotatable bonds is 11. The molecule has 0 aliphatic heterocycles. The van der Waals surface area contributed by atoms with Gasteiger partial charge in [-0.2, -0.15) is 13.2 Å². The molecule has 6 heteroatoms. The number of alkyl halides is 3. The zero-order chi connectivity index (χ0) is 55.3. The van der Waals surface area contributed by atoms with Gasteiger partial charge in [-0.25, -0.2) is 0 Å². The van der Waals surface area contributed by atoms with E-state index in [0.717, 1.165) is 78.4 Å². The van der Waals surface area contributed by atoms with E-state index in [4.69, 9.17) is 0 Å². The minimum atomic E-state index is -4.55. The Morgan fingerprint density at radius 1 is 0.293 bits per heavy atom. The maximum atomic E-state index is 14.6. The molecule has 0 aliphatic carbocycles. The summed E-state index contributed by atoms with van der Waals surface area (Å²) >= 11 is 0. The van der Waals surface area contributed by atoms with Crippen LogP contribution in [0.4, 0.5) is 47.3 Å². The van der Waals surface area contributed by atoms with Gasteiger partial charge in [0.05, 0.1) is 22.3 Å². The van der Waals surface area contributed by atoms with Crippen molar-refractivity contribution in [1.29, 1.82) is 0 Å². The smallest absolute Gasteiger partial charge is 0.310 e. The number of para-hydroxylation sites is 4. The molecule has 0 radical (unpaired) electrons. The van der Waals surface area contributed by atoms with Gasteiger partial charge >= 0.3 is 6.18 Å². The van der Waals surface area contributed by atoms with Crippen LogP contribution in [0.5, 0.6) is 0 Å². The summed E-state index contributed by atoms with van der Waals surface area (Å²) in [6.07, 6.45) is -4.55. The van der Waals surface area contributed by atoms with E-state index in [1.165, 1.54) is 55.9 Å². The molecular formula is C76H52F3N3. The van der Waals surface area contributed by atoms with E-state index in [1.54, 1.807) is 11.0 Å². The van der Waals surface area contributed by atoms with Crippen LogP contribution in [0.15, 0.2) is 297 Å². The molecule has 0 fully saturated rings. The quantitative estimate of drug-likeness (QED) is 0.120. The maximum absolute atomic E-state index is 14.6. The van der Waals surface area contributed by atoms with Crippen molar-refractivity contribution in [3.63, 3.8) is 0 Å². The van der Waals surface area contributed by atoms with Gasteiger partial charge in [-0.3, -0.25) is 0 Å². The molecule has 0 amide bonds. The molecule has 1 aromatic heterocycles. The van der Waals surface area contributed by atoms with Crippen molar-refractivity contribution < 1.29 is 13.2 Å². The van der Waals surface area contributed by atoms with Crippen molar-refractivity contribution in [2.45, 2.75) is 13.1 Å². The van der Waals surface area contributed by atoms with E-state index >= 15 is 0 Å². The van der Waals surface area contributed by atoms with Gasteiger partial charge in [-0.1, -0.05) is 194 Å². The van der Waals surface area contributed by atoms with Gasteiger partial charge in [0.1, 0.15) is 0 Å². The van der Waals surface area contributed by atoms with Crippen LogP contribution < -0.4 is 9.80 Å². The number of hydrogen-bond acceptors (Lipinski definition) is 2. The third-order valence-electron chi connectivity index (χ3n) is 15.9. The molecule has 0 unspecified atom stereocenters. The molecular weight excluding hydrogens is 1010 g/mol. The van der Waals surface area contributed by atoms with E-state index in [0.29, 0.717) is 11.4 Å². The van der Waals surface area contributed by atoms with E-state index in [2.05, 4.69) is 229 Å². The highest BCUT2D eigenvalue weighted by Crippen LogP contribution is 2.47. The number of hydrogen-bond donors (Lipinski definition) is 0. The summed E-state index contributed by atoms with van der Waals surface area (Å²) in [5.41, 5.74) is 17.1. The van der Waals surface area contributed by atoms with E-state index in [9.17, 15) is 13.2 Å². The highest BCUT2D eigenvalue weighted by molar-refractivity contribution is 6.21. The Labute approximate surface area is 474 Å². The van der Waals surface area contributed by atoms with Crippen molar-refractivity contribution >= 4 is 77.5 Å². The van der Waals surface area contributed by atoms with Crippen molar-refractivity contribution in [2.75, 3.05) is 9.80 Å². The summed E-state index contributed by atoms with van der Waals surface area (Å²) < 4.78 is 46.1. The Balaban J connectivity index is 0.896. The fraction of sp³-hybridized carbons (Fsp3) is 0.0263. The number of aromatic nitrogens is 1. The second-order valence-corrected chi connectivity index (χ2v) is 20.8. The number of benzene rings is 13. The first kappa shape index (κ1) is 49.8. The van der Waals surface area contributed by atoms with Crippen LogP contribution >= 0.6 is 0 Å². The topological polar surface area (TPSA) is 11.4 Å². The summed E-state index contributed by atoms with van der Waals surface area (Å²) in [6, 6.07) is 101. The molecule has 0 spiro atoms. The lowest BCUT2D eigenvalue weighted by Gasteiger charge is -2.28. The van der Waals surface area contributed by atoms with Crippen LogP contribution in [-0.4, -0.2) is 4.57 Å². The monoisotopic (exact) mass is 1060 g/mol. The fourth-order valence-electron chi connectivity index (χ4n) is 12.1. The molecule has 3 nitrogen and oxygen atoms in total. The molecule has 14 rings (SSSR count). The first-order chi connectivity index (χ1) is 40.2. The van der Waals surface area contributed by atoms with Gasteiger partial charge in [0.2, 0.25) is 0 Å². The SMILES string of the molecule is Cc1ccccc1N(c1ccccc1)c1ccc(-c2ccc3c(c2)c2cc(-c4ccc(N(c5ccccc5)c5ccccc5C(F)(F)F)cc4)ccc2n3-c2ccc(-c3c4ccccc4c(-c4ccccc4)c4ccccc34)cc2)cc1. The summed E-state index contributed by atoms with van der Waals surface area (Å²) in [6.45, 7) is 2.15. The molecule has 0 atom stereocenters. The summed E-state index contributed by atoms with van der Waals surface area (Å²) in [4.78, 5) is 3.98. The van der Waals surface area contributed by atoms with Crippen LogP contribution in [-0.2, 0) is 6.18 Å². The predicted molar refractivity (Wildman–Crippen MR) is 337 cm³/mol. The molecule has 13 aromatic carbocycles. The number of halogens is 3. The first-order valence-electron chi connectivity index (χ1n) is 27.6. The Morgan fingerprint density at radius 3 is 1.11 bits per heavy atom. The standard InChI is InChI=1S/C76H52F3N3/c1-51-19-11-17-31-70(51)80(58-22-7-3-8-23-58)60-41-33-52(34-42-60)56-39-47-71-67(49-56)68-50-57(53-35-43-61(44-36-53)81(59-24-9-4-10-25-59)73-32-18-16-30-69(73)76(77,78)79)40-48-72(68)82(71)62-45-37-55(38-46-62)75-65-28-14-12-26-63(65)74(54-20-5-2-6-21-54)64-27-13-15-29-66(64)75/h2-50H,1H3. The average molecular weight is 1060 g/mol. The zero-order valence-corrected chi connectivity index (χ0v) is 44.8. The lowest BCUT2D eigenvalue weighted by atomic mass is 9.86. The summed E-state index contributed by atoms with van der Waals surface area (Å²) in [5.74, 6) is 0. The Kier molecular flexibility index (Phi) is 12.6. The van der Waals surface area contributed by atoms with Crippen molar-refractivity contribution in [3.8, 4) is 50.2 Å². The second-order valence-electron chi connectivity index (χ2n) is 20.8. The molecule has 0 saturated carbocycles. The molecule has 0 aliphatic rings. The zero-order valence-electron chi connectivity index (χ0n) is 44.8. The Hall–Kier alpha value is -10.4. The lowest BCUT2D eigenvalue weighted by molar-refractivity contribution is -0.137.